The molecule has 1 aliphatic rings. The number of benzene rings is 1. The molecule has 22 nitrogen and oxygen atoms in total. The molecule has 2 bridgehead atoms. The van der Waals surface area contributed by atoms with Crippen LogP contribution in [0.3, 0.4) is 0 Å². The minimum absolute atomic E-state index is 0.000160. The van der Waals surface area contributed by atoms with Crippen molar-refractivity contribution in [1.29, 1.82) is 0 Å². The van der Waals surface area contributed by atoms with Crippen molar-refractivity contribution in [2.24, 2.45) is 4.99 Å². The Kier molecular flexibility index (Phi) is 37.0. The summed E-state index contributed by atoms with van der Waals surface area (Å²) in [7, 11) is -1.54. The molecular weight excluding hydrogens is 1060 g/mol. The van der Waals surface area contributed by atoms with Crippen LogP contribution in [0.4, 0.5) is 10.5 Å². The summed E-state index contributed by atoms with van der Waals surface area (Å²) < 4.78 is 14.6. The molecule has 2 unspecified atom stereocenters. The van der Waals surface area contributed by atoms with Crippen molar-refractivity contribution < 1.29 is 61.8 Å². The van der Waals surface area contributed by atoms with Gasteiger partial charge < -0.3 is 54.9 Å². The summed E-state index contributed by atoms with van der Waals surface area (Å²) in [4.78, 5) is 151. The Balaban J connectivity index is 2.59. The molecule has 0 aromatic heterocycles. The Morgan fingerprint density at radius 3 is 1.93 bits per heavy atom. The van der Waals surface area contributed by atoms with Crippen LogP contribution < -0.4 is 26.6 Å². The maximum Gasteiger partial charge on any atom is 0.324 e. The second-order valence-electron chi connectivity index (χ2n) is 21.1. The smallest absolute Gasteiger partial charge is 0.324 e. The third-order valence-corrected chi connectivity index (χ3v) is 15.1. The maximum atomic E-state index is 14.7. The zero-order valence-corrected chi connectivity index (χ0v) is 50.2. The fourth-order valence-electron chi connectivity index (χ4n) is 8.85. The molecule has 454 valence electrons. The van der Waals surface area contributed by atoms with E-state index in [9.17, 15) is 52.7 Å². The average Bonchev–Trinajstić information content (AvgIpc) is 3.40. The Morgan fingerprint density at radius 2 is 1.32 bits per heavy atom. The fraction of sp³-hybridized carbons (Fsp3) is 0.690. The molecule has 1 aromatic rings. The van der Waals surface area contributed by atoms with E-state index in [0.29, 0.717) is 159 Å². The van der Waals surface area contributed by atoms with E-state index in [4.69, 9.17) is 9.05 Å². The van der Waals surface area contributed by atoms with Crippen molar-refractivity contribution >= 4 is 85.5 Å². The predicted octanol–water partition coefficient (Wildman–Crippen LogP) is 7.56. The first-order valence-electron chi connectivity index (χ1n) is 29.1. The van der Waals surface area contributed by atoms with Crippen LogP contribution in [-0.2, 0) is 47.4 Å². The Hall–Kier alpha value is -5.83. The molecule has 0 aliphatic carbocycles. The first kappa shape index (κ1) is 71.3. The summed E-state index contributed by atoms with van der Waals surface area (Å²) in [5.74, 6) is -3.89. The number of ketones is 4. The molecule has 1 heterocycles. The average molecular weight is 1160 g/mol. The van der Waals surface area contributed by atoms with E-state index in [1.165, 1.54) is 39.0 Å². The first-order chi connectivity index (χ1) is 38.7. The summed E-state index contributed by atoms with van der Waals surface area (Å²) >= 11 is 0. The Labute approximate surface area is 481 Å². The van der Waals surface area contributed by atoms with E-state index < -0.39 is 69.6 Å². The Morgan fingerprint density at radius 1 is 0.741 bits per heavy atom. The molecule has 0 fully saturated rings. The lowest BCUT2D eigenvalue weighted by Gasteiger charge is -2.37. The van der Waals surface area contributed by atoms with Gasteiger partial charge in [0.25, 0.3) is 20.3 Å². The van der Waals surface area contributed by atoms with Crippen LogP contribution in [0.5, 0.6) is 0 Å². The topological polar surface area (TPSA) is 288 Å². The minimum atomic E-state index is -1.54. The number of imide groups is 1. The van der Waals surface area contributed by atoms with Gasteiger partial charge in [0.05, 0.1) is 19.8 Å². The van der Waals surface area contributed by atoms with Crippen LogP contribution in [0, 0.1) is 0 Å². The number of fused-ring (bicyclic) bond motifs is 2. The second kappa shape index (κ2) is 42.1. The Bertz CT molecular complexity index is 2210. The second-order valence-corrected chi connectivity index (χ2v) is 22.6. The highest BCUT2D eigenvalue weighted by Gasteiger charge is 2.32. The first-order valence-corrected chi connectivity index (χ1v) is 30.3. The largest absolute Gasteiger partial charge is 0.355 e. The van der Waals surface area contributed by atoms with Crippen molar-refractivity contribution in [3.8, 4) is 0 Å². The summed E-state index contributed by atoms with van der Waals surface area (Å²) in [6.07, 6.45) is 11.5. The highest BCUT2D eigenvalue weighted by molar-refractivity contribution is 7.44. The van der Waals surface area contributed by atoms with E-state index >= 15 is 0 Å². The molecule has 0 saturated carbocycles. The lowest BCUT2D eigenvalue weighted by molar-refractivity contribution is -0.125. The molecule has 8 amide bonds. The number of carbonyl (C=O) groups excluding carboxylic acids is 11. The number of hydrogen-bond donors (Lipinski definition) is 5. The number of nitrogens with one attached hydrogen (secondary N) is 5. The zero-order valence-electron chi connectivity index (χ0n) is 49.3. The van der Waals surface area contributed by atoms with Crippen LogP contribution >= 0.6 is 8.53 Å². The van der Waals surface area contributed by atoms with Crippen LogP contribution in [0.1, 0.15) is 204 Å². The van der Waals surface area contributed by atoms with Gasteiger partial charge in [-0.3, -0.25) is 43.5 Å². The molecule has 5 N–H and O–H groups in total. The van der Waals surface area contributed by atoms with E-state index in [0.717, 1.165) is 4.90 Å². The molecule has 23 heteroatoms. The van der Waals surface area contributed by atoms with Gasteiger partial charge in [-0.25, -0.2) is 9.46 Å². The van der Waals surface area contributed by atoms with Crippen LogP contribution in [0.25, 0.3) is 0 Å². The number of aliphatic imine (C=N–C) groups is 1. The molecule has 1 aliphatic heterocycles. The van der Waals surface area contributed by atoms with Crippen molar-refractivity contribution in [3.05, 3.63) is 29.3 Å². The quantitative estimate of drug-likeness (QED) is 0.0308. The number of Topliss-reactive ketones (excluding diaryl/α,β-unsaturated/α-hetero) is 4. The highest BCUT2D eigenvalue weighted by atomic mass is 31.2. The minimum Gasteiger partial charge on any atom is -0.355 e. The molecule has 81 heavy (non-hydrogen) atoms. The van der Waals surface area contributed by atoms with Gasteiger partial charge >= 0.3 is 6.03 Å². The standard InChI is InChI=1S/C58H94N9O13P/c1-43(2)67-44(3)36-51(71)27-17-13-21-30-61-54(74)41-65(40-53(73)60-29-19-10-14-24-45(4)68)56(76)48-37-49(39-50(38-48)64-52(72)28-18-8-9-23-34-79-81(67)80-35-33-59-7)57(77)66(58(78)63-32-22-12-16-26-47(6)70)42-55(75)62-31-20-11-15-25-46(5)69/h37-39,43-44H,7-36,40-42H2,1-6H3,(H,60,73)(H,61,74)(H,62,75)(H,63,78)(H,64,72). The van der Waals surface area contributed by atoms with Gasteiger partial charge in [-0.1, -0.05) is 38.5 Å². The van der Waals surface area contributed by atoms with Crippen molar-refractivity contribution in [1.82, 2.24) is 35.7 Å². The molecule has 2 rings (SSSR count). The summed E-state index contributed by atoms with van der Waals surface area (Å²) in [6, 6.07) is 2.70. The van der Waals surface area contributed by atoms with Crippen molar-refractivity contribution in [2.75, 3.05) is 70.9 Å². The summed E-state index contributed by atoms with van der Waals surface area (Å²) in [5, 5.41) is 13.8. The van der Waals surface area contributed by atoms with Gasteiger partial charge in [0, 0.05) is 93.6 Å². The van der Waals surface area contributed by atoms with E-state index in [1.54, 1.807) is 0 Å². The number of urea groups is 1. The number of rotatable bonds is 28. The van der Waals surface area contributed by atoms with Gasteiger partial charge in [0.1, 0.15) is 42.8 Å². The van der Waals surface area contributed by atoms with E-state index in [-0.39, 0.29) is 84.6 Å². The fourth-order valence-corrected chi connectivity index (χ4v) is 10.5. The molecular formula is C58H94N9O13P. The number of carbonyl (C=O) groups is 11. The van der Waals surface area contributed by atoms with Gasteiger partial charge in [-0.2, -0.15) is 0 Å². The van der Waals surface area contributed by atoms with Gasteiger partial charge in [0.15, 0.2) is 0 Å². The van der Waals surface area contributed by atoms with Crippen molar-refractivity contribution in [2.45, 2.75) is 195 Å². The van der Waals surface area contributed by atoms with Gasteiger partial charge in [0.2, 0.25) is 23.6 Å². The van der Waals surface area contributed by atoms with Crippen molar-refractivity contribution in [3.63, 3.8) is 0 Å². The highest BCUT2D eigenvalue weighted by Crippen LogP contribution is 2.46. The van der Waals surface area contributed by atoms with E-state index in [1.807, 2.05) is 20.8 Å². The monoisotopic (exact) mass is 1160 g/mol. The maximum absolute atomic E-state index is 14.7. The summed E-state index contributed by atoms with van der Waals surface area (Å²) in [5.41, 5.74) is -0.469. The number of anilines is 1. The molecule has 2 atom stereocenters. The molecule has 0 radical (unpaired) electrons. The van der Waals surface area contributed by atoms with Gasteiger partial charge in [-0.15, -0.1) is 0 Å². The molecule has 0 spiro atoms. The number of amides is 8. The SMILES string of the molecule is C=NCCOP1OCCCCCCC(=O)Nc2cc(cc(C(=O)N(CC(=O)NCCCCCC(C)=O)C(=O)NCCCCCC(C)=O)c2)C(=O)N(CC(=O)NCCCCCC(C)=O)CC(=O)NCCCCCC(=O)CC(C)N1C(C)C. The third kappa shape index (κ3) is 32.4. The predicted molar refractivity (Wildman–Crippen MR) is 313 cm³/mol. The number of unbranched alkanes of at least 4 members (excludes halogenated alkanes) is 6. The lowest BCUT2D eigenvalue weighted by Crippen LogP contribution is -2.49. The van der Waals surface area contributed by atoms with Crippen LogP contribution in [0.15, 0.2) is 23.2 Å². The van der Waals surface area contributed by atoms with Gasteiger partial charge in [-0.05, 0) is 131 Å². The normalized spacial score (nSPS) is 17.0. The molecule has 1 aromatic carbocycles. The third-order valence-electron chi connectivity index (χ3n) is 13.1. The summed E-state index contributed by atoms with van der Waals surface area (Å²) in [6.45, 7) is 14.1. The number of hydrogen-bond acceptors (Lipinski definition) is 15. The lowest BCUT2D eigenvalue weighted by atomic mass is 10.1. The van der Waals surface area contributed by atoms with E-state index in [2.05, 4.69) is 43.0 Å². The number of nitrogens with zero attached hydrogens (tertiary/aromatic N) is 4. The van der Waals surface area contributed by atoms with Crippen LogP contribution in [-0.4, -0.2) is 163 Å². The zero-order chi connectivity index (χ0) is 60.0. The molecule has 0 saturated heterocycles. The van der Waals surface area contributed by atoms with Crippen LogP contribution in [0.2, 0.25) is 0 Å².